The average Bonchev–Trinajstić information content (AvgIpc) is 2.39. The van der Waals surface area contributed by atoms with E-state index in [0.29, 0.717) is 0 Å². The quantitative estimate of drug-likeness (QED) is 0.768. The van der Waals surface area contributed by atoms with Gasteiger partial charge < -0.3 is 4.90 Å². The summed E-state index contributed by atoms with van der Waals surface area (Å²) in [5.41, 5.74) is -0.353. The van der Waals surface area contributed by atoms with Gasteiger partial charge in [-0.15, -0.1) is 0 Å². The molecule has 1 aliphatic carbocycles. The number of hydrogen-bond donors (Lipinski definition) is 1. The summed E-state index contributed by atoms with van der Waals surface area (Å²) in [4.78, 5) is 2.52. The van der Waals surface area contributed by atoms with Gasteiger partial charge in [0.25, 0.3) is 0 Å². The molecule has 1 aliphatic rings. The number of rotatable bonds is 7. The van der Waals surface area contributed by atoms with Crippen LogP contribution >= 0.6 is 0 Å². The highest BCUT2D eigenvalue weighted by Crippen LogP contribution is 2.27. The Bertz CT molecular complexity index is 297. The van der Waals surface area contributed by atoms with Gasteiger partial charge in [0.1, 0.15) is 5.54 Å². The summed E-state index contributed by atoms with van der Waals surface area (Å²) in [7, 11) is 2.25. The molecule has 1 fully saturated rings. The minimum absolute atomic E-state index is 0.353. The van der Waals surface area contributed by atoms with Crippen molar-refractivity contribution >= 4 is 0 Å². The van der Waals surface area contributed by atoms with E-state index in [0.717, 1.165) is 37.9 Å². The normalized spacial score (nSPS) is 26.9. The average molecular weight is 265 g/mol. The van der Waals surface area contributed by atoms with E-state index in [1.807, 2.05) is 6.92 Å². The zero-order chi connectivity index (χ0) is 14.3. The maximum absolute atomic E-state index is 9.25. The lowest BCUT2D eigenvalue weighted by Gasteiger charge is -2.36. The van der Waals surface area contributed by atoms with Crippen LogP contribution in [-0.4, -0.2) is 36.6 Å². The summed E-state index contributed by atoms with van der Waals surface area (Å²) in [6, 6.07) is 3.16. The third-order valence-corrected chi connectivity index (χ3v) is 4.63. The van der Waals surface area contributed by atoms with Gasteiger partial charge in [-0.25, -0.2) is 0 Å². The summed E-state index contributed by atoms with van der Waals surface area (Å²) < 4.78 is 0. The molecule has 0 aliphatic heterocycles. The fraction of sp³-hybridized carbons (Fsp3) is 0.938. The van der Waals surface area contributed by atoms with Gasteiger partial charge in [0.2, 0.25) is 0 Å². The first-order valence-electron chi connectivity index (χ1n) is 7.89. The first-order chi connectivity index (χ1) is 9.02. The predicted molar refractivity (Wildman–Crippen MR) is 81.0 cm³/mol. The van der Waals surface area contributed by atoms with Crippen molar-refractivity contribution in [1.29, 1.82) is 5.26 Å². The largest absolute Gasteiger partial charge is 0.303 e. The second-order valence-electron chi connectivity index (χ2n) is 6.39. The molecule has 3 atom stereocenters. The maximum atomic E-state index is 9.25. The van der Waals surface area contributed by atoms with E-state index < -0.39 is 0 Å². The molecule has 3 heteroatoms. The molecule has 0 saturated heterocycles. The van der Waals surface area contributed by atoms with E-state index in [1.54, 1.807) is 0 Å². The molecule has 19 heavy (non-hydrogen) atoms. The lowest BCUT2D eigenvalue weighted by Crippen LogP contribution is -2.43. The summed E-state index contributed by atoms with van der Waals surface area (Å²) in [6.07, 6.45) is 7.54. The standard InChI is InChI=1S/C16H31N3/c1-5-18-16(3,13-17)11-8-12-19(4)15-10-7-6-9-14(15)2/h14-15,18H,5-12H2,1-4H3. The monoisotopic (exact) mass is 265 g/mol. The van der Waals surface area contributed by atoms with Crippen molar-refractivity contribution in [3.63, 3.8) is 0 Å². The van der Waals surface area contributed by atoms with Gasteiger partial charge in [0.15, 0.2) is 0 Å². The predicted octanol–water partition coefficient (Wildman–Crippen LogP) is 3.17. The third kappa shape index (κ3) is 5.12. The van der Waals surface area contributed by atoms with Crippen molar-refractivity contribution in [1.82, 2.24) is 10.2 Å². The highest BCUT2D eigenvalue weighted by Gasteiger charge is 2.26. The molecule has 0 aromatic heterocycles. The van der Waals surface area contributed by atoms with E-state index in [1.165, 1.54) is 25.7 Å². The third-order valence-electron chi connectivity index (χ3n) is 4.63. The van der Waals surface area contributed by atoms with Gasteiger partial charge in [0, 0.05) is 6.04 Å². The Hall–Kier alpha value is -0.590. The molecule has 1 rings (SSSR count). The van der Waals surface area contributed by atoms with Gasteiger partial charge in [-0.2, -0.15) is 5.26 Å². The van der Waals surface area contributed by atoms with Crippen molar-refractivity contribution in [2.75, 3.05) is 20.1 Å². The van der Waals surface area contributed by atoms with Crippen molar-refractivity contribution in [3.8, 4) is 6.07 Å². The molecular weight excluding hydrogens is 234 g/mol. The molecule has 0 amide bonds. The van der Waals surface area contributed by atoms with Crippen molar-refractivity contribution < 1.29 is 0 Å². The van der Waals surface area contributed by atoms with Crippen LogP contribution in [0.25, 0.3) is 0 Å². The molecule has 0 aromatic carbocycles. The molecule has 3 nitrogen and oxygen atoms in total. The van der Waals surface area contributed by atoms with Crippen LogP contribution in [0.3, 0.4) is 0 Å². The lowest BCUT2D eigenvalue weighted by atomic mass is 9.85. The molecule has 0 radical (unpaired) electrons. The van der Waals surface area contributed by atoms with Crippen LogP contribution in [0.15, 0.2) is 0 Å². The highest BCUT2D eigenvalue weighted by molar-refractivity contribution is 5.03. The number of hydrogen-bond acceptors (Lipinski definition) is 3. The zero-order valence-electron chi connectivity index (χ0n) is 13.2. The van der Waals surface area contributed by atoms with Gasteiger partial charge in [-0.3, -0.25) is 5.32 Å². The van der Waals surface area contributed by atoms with Crippen LogP contribution in [0.1, 0.15) is 59.3 Å². The second kappa shape index (κ2) is 7.87. The Morgan fingerprint density at radius 3 is 2.63 bits per heavy atom. The highest BCUT2D eigenvalue weighted by atomic mass is 15.1. The number of nitrogens with zero attached hydrogens (tertiary/aromatic N) is 2. The van der Waals surface area contributed by atoms with Crippen molar-refractivity contribution in [3.05, 3.63) is 0 Å². The Morgan fingerprint density at radius 2 is 2.05 bits per heavy atom. The van der Waals surface area contributed by atoms with Crippen LogP contribution in [0.2, 0.25) is 0 Å². The molecule has 3 unspecified atom stereocenters. The zero-order valence-corrected chi connectivity index (χ0v) is 13.2. The van der Waals surface area contributed by atoms with Crippen LogP contribution in [0.5, 0.6) is 0 Å². The Kier molecular flexibility index (Phi) is 6.82. The van der Waals surface area contributed by atoms with E-state index in [2.05, 4.69) is 37.2 Å². The summed E-state index contributed by atoms with van der Waals surface area (Å²) in [6.45, 7) is 8.43. The molecule has 1 N–H and O–H groups in total. The fourth-order valence-corrected chi connectivity index (χ4v) is 3.37. The molecule has 1 saturated carbocycles. The van der Waals surface area contributed by atoms with Crippen LogP contribution < -0.4 is 5.32 Å². The maximum Gasteiger partial charge on any atom is 0.103 e. The SMILES string of the molecule is CCNC(C)(C#N)CCCN(C)C1CCCCC1C. The fourth-order valence-electron chi connectivity index (χ4n) is 3.37. The summed E-state index contributed by atoms with van der Waals surface area (Å²) in [5.74, 6) is 0.829. The Morgan fingerprint density at radius 1 is 1.37 bits per heavy atom. The van der Waals surface area contributed by atoms with Crippen LogP contribution in [0, 0.1) is 17.2 Å². The van der Waals surface area contributed by atoms with E-state index >= 15 is 0 Å². The van der Waals surface area contributed by atoms with Crippen LogP contribution in [0.4, 0.5) is 0 Å². The molecular formula is C16H31N3. The van der Waals surface area contributed by atoms with Gasteiger partial charge in [0.05, 0.1) is 6.07 Å². The van der Waals surface area contributed by atoms with E-state index in [4.69, 9.17) is 0 Å². The van der Waals surface area contributed by atoms with E-state index in [-0.39, 0.29) is 5.54 Å². The molecule has 0 spiro atoms. The van der Waals surface area contributed by atoms with Crippen molar-refractivity contribution in [2.24, 2.45) is 5.92 Å². The lowest BCUT2D eigenvalue weighted by molar-refractivity contribution is 0.135. The van der Waals surface area contributed by atoms with Gasteiger partial charge >= 0.3 is 0 Å². The van der Waals surface area contributed by atoms with Crippen LogP contribution in [-0.2, 0) is 0 Å². The first-order valence-corrected chi connectivity index (χ1v) is 7.89. The smallest absolute Gasteiger partial charge is 0.103 e. The Balaban J connectivity index is 2.33. The Labute approximate surface area is 119 Å². The first kappa shape index (κ1) is 16.5. The topological polar surface area (TPSA) is 39.1 Å². The minimum atomic E-state index is -0.353. The van der Waals surface area contributed by atoms with Gasteiger partial charge in [-0.1, -0.05) is 26.7 Å². The number of nitrogens with one attached hydrogen (secondary N) is 1. The molecule has 110 valence electrons. The van der Waals surface area contributed by atoms with Gasteiger partial charge in [-0.05, 0) is 58.7 Å². The second-order valence-corrected chi connectivity index (χ2v) is 6.39. The molecule has 0 heterocycles. The number of nitriles is 1. The summed E-state index contributed by atoms with van der Waals surface area (Å²) >= 11 is 0. The minimum Gasteiger partial charge on any atom is -0.303 e. The van der Waals surface area contributed by atoms with Crippen molar-refractivity contribution in [2.45, 2.75) is 70.9 Å². The molecule has 0 aromatic rings. The van der Waals surface area contributed by atoms with E-state index in [9.17, 15) is 5.26 Å². The summed E-state index contributed by atoms with van der Waals surface area (Å²) in [5, 5.41) is 12.5. The molecule has 0 bridgehead atoms.